The number of aromatic nitrogens is 1. The summed E-state index contributed by atoms with van der Waals surface area (Å²) in [6, 6.07) is 5.00. The summed E-state index contributed by atoms with van der Waals surface area (Å²) < 4.78 is 18.9. The van der Waals surface area contributed by atoms with E-state index in [0.29, 0.717) is 49.5 Å². The second-order valence-electron chi connectivity index (χ2n) is 9.14. The van der Waals surface area contributed by atoms with Gasteiger partial charge in [-0.3, -0.25) is 9.59 Å². The van der Waals surface area contributed by atoms with Gasteiger partial charge in [0.05, 0.1) is 12.3 Å². The lowest BCUT2D eigenvalue weighted by Crippen LogP contribution is -2.31. The molecule has 0 aliphatic carbocycles. The summed E-state index contributed by atoms with van der Waals surface area (Å²) in [5, 5.41) is 9.45. The van der Waals surface area contributed by atoms with E-state index in [9.17, 15) is 19.5 Å². The first kappa shape index (κ1) is 24.5. The van der Waals surface area contributed by atoms with Gasteiger partial charge in [0.15, 0.2) is 28.8 Å². The predicted molar refractivity (Wildman–Crippen MR) is 123 cm³/mol. The van der Waals surface area contributed by atoms with Gasteiger partial charge in [-0.2, -0.15) is 0 Å². The van der Waals surface area contributed by atoms with Crippen molar-refractivity contribution in [1.82, 2.24) is 4.57 Å². The number of carboxylic acid groups (broad SMARTS) is 1. The van der Waals surface area contributed by atoms with Crippen molar-refractivity contribution in [3.63, 3.8) is 0 Å². The second kappa shape index (κ2) is 9.79. The number of nitrogens with zero attached hydrogens (tertiary/aromatic N) is 1. The number of benzene rings is 1. The fourth-order valence-electron chi connectivity index (χ4n) is 3.98. The van der Waals surface area contributed by atoms with E-state index in [1.807, 2.05) is 10.6 Å². The zero-order valence-electron chi connectivity index (χ0n) is 19.7. The maximum atomic E-state index is 12.5. The molecule has 0 fully saturated rings. The fourth-order valence-corrected chi connectivity index (χ4v) is 3.98. The van der Waals surface area contributed by atoms with Crippen LogP contribution < -0.4 is 14.9 Å². The van der Waals surface area contributed by atoms with Crippen LogP contribution in [-0.4, -0.2) is 47.9 Å². The molecule has 1 aromatic heterocycles. The predicted octanol–water partition coefficient (Wildman–Crippen LogP) is 3.74. The van der Waals surface area contributed by atoms with Crippen LogP contribution in [0.4, 0.5) is 0 Å². The van der Waals surface area contributed by atoms with Crippen LogP contribution in [0.25, 0.3) is 11.3 Å². The number of methoxy groups -OCH3 is 1. The van der Waals surface area contributed by atoms with Gasteiger partial charge in [-0.15, -0.1) is 0 Å². The average molecular weight is 458 g/mol. The van der Waals surface area contributed by atoms with Crippen molar-refractivity contribution in [2.75, 3.05) is 20.3 Å². The zero-order valence-corrected chi connectivity index (χ0v) is 19.7. The highest BCUT2D eigenvalue weighted by Gasteiger charge is 2.30. The molecule has 0 spiro atoms. The Bertz CT molecular complexity index is 1100. The third-order valence-corrected chi connectivity index (χ3v) is 5.72. The topological polar surface area (TPSA) is 104 Å². The molecule has 1 aromatic carbocycles. The average Bonchev–Trinajstić information content (AvgIpc) is 2.75. The largest absolute Gasteiger partial charge is 0.490 e. The lowest BCUT2D eigenvalue weighted by atomic mass is 9.87. The lowest BCUT2D eigenvalue weighted by Gasteiger charge is -2.34. The van der Waals surface area contributed by atoms with Gasteiger partial charge in [0, 0.05) is 44.0 Å². The number of ether oxygens (including phenoxy) is 3. The summed E-state index contributed by atoms with van der Waals surface area (Å²) >= 11 is 0. The molecule has 1 unspecified atom stereocenters. The van der Waals surface area contributed by atoms with Crippen LogP contribution in [0.3, 0.4) is 0 Å². The summed E-state index contributed by atoms with van der Waals surface area (Å²) in [6.45, 7) is 8.39. The third kappa shape index (κ3) is 5.27. The minimum absolute atomic E-state index is 0.0364. The van der Waals surface area contributed by atoms with E-state index >= 15 is 0 Å². The first-order chi connectivity index (χ1) is 15.6. The fraction of sp³-hybridized carbons (Fsp3) is 0.480. The van der Waals surface area contributed by atoms with Crippen molar-refractivity contribution < 1.29 is 28.9 Å². The zero-order chi connectivity index (χ0) is 24.3. The first-order valence-electron chi connectivity index (χ1n) is 11.0. The lowest BCUT2D eigenvalue weighted by molar-refractivity contribution is -0.119. The van der Waals surface area contributed by atoms with Gasteiger partial charge in [0.25, 0.3) is 0 Å². The highest BCUT2D eigenvalue weighted by molar-refractivity contribution is 5.88. The van der Waals surface area contributed by atoms with E-state index in [1.165, 1.54) is 12.3 Å². The number of carboxylic acids is 1. The maximum Gasteiger partial charge on any atom is 0.341 e. The Morgan fingerprint density at radius 3 is 2.58 bits per heavy atom. The Kier molecular flexibility index (Phi) is 7.27. The van der Waals surface area contributed by atoms with Gasteiger partial charge in [0.2, 0.25) is 0 Å². The molecule has 0 saturated heterocycles. The molecule has 1 atom stereocenters. The Morgan fingerprint density at radius 2 is 1.97 bits per heavy atom. The minimum Gasteiger partial charge on any atom is -0.490 e. The Morgan fingerprint density at radius 1 is 1.24 bits per heavy atom. The molecule has 8 nitrogen and oxygen atoms in total. The molecule has 3 rings (SSSR count). The van der Waals surface area contributed by atoms with Gasteiger partial charge in [-0.1, -0.05) is 13.8 Å². The molecule has 0 radical (unpaired) electrons. The van der Waals surface area contributed by atoms with Crippen LogP contribution in [-0.2, 0) is 16.0 Å². The highest BCUT2D eigenvalue weighted by atomic mass is 16.5. The van der Waals surface area contributed by atoms with Crippen LogP contribution in [0.15, 0.2) is 29.2 Å². The van der Waals surface area contributed by atoms with Crippen LogP contribution in [0.5, 0.6) is 11.5 Å². The second-order valence-corrected chi connectivity index (χ2v) is 9.14. The van der Waals surface area contributed by atoms with Crippen molar-refractivity contribution >= 4 is 12.3 Å². The molecule has 8 heteroatoms. The van der Waals surface area contributed by atoms with Gasteiger partial charge < -0.3 is 23.9 Å². The number of fused-ring (bicyclic) bond motifs is 3. The number of carbonyl (C=O) groups excluding carboxylic acids is 1. The van der Waals surface area contributed by atoms with E-state index in [2.05, 4.69) is 13.8 Å². The maximum absolute atomic E-state index is 12.5. The molecular weight excluding hydrogens is 426 g/mol. The molecule has 178 valence electrons. The Balaban J connectivity index is 2.17. The smallest absolute Gasteiger partial charge is 0.341 e. The summed E-state index contributed by atoms with van der Waals surface area (Å²) in [4.78, 5) is 35.6. The molecule has 1 N–H and O–H groups in total. The number of aromatic carboxylic acids is 1. The molecule has 1 aliphatic heterocycles. The Labute approximate surface area is 193 Å². The quantitative estimate of drug-likeness (QED) is 0.428. The van der Waals surface area contributed by atoms with E-state index < -0.39 is 17.0 Å². The normalized spacial score (nSPS) is 15.0. The van der Waals surface area contributed by atoms with Crippen LogP contribution in [0, 0.1) is 5.92 Å². The van der Waals surface area contributed by atoms with Crippen molar-refractivity contribution in [2.45, 2.75) is 52.2 Å². The molecule has 0 bridgehead atoms. The van der Waals surface area contributed by atoms with Crippen LogP contribution in [0.2, 0.25) is 0 Å². The molecule has 0 saturated carbocycles. The van der Waals surface area contributed by atoms with Gasteiger partial charge in [-0.25, -0.2) is 4.79 Å². The summed E-state index contributed by atoms with van der Waals surface area (Å²) in [7, 11) is 1.63. The van der Waals surface area contributed by atoms with Crippen molar-refractivity contribution in [2.24, 2.45) is 5.92 Å². The van der Waals surface area contributed by atoms with E-state index in [0.717, 1.165) is 11.1 Å². The van der Waals surface area contributed by atoms with E-state index in [4.69, 9.17) is 14.2 Å². The number of carbonyl (C=O) groups is 2. The Hall–Kier alpha value is -3.13. The standard InChI is InChI=1S/C25H31NO7/c1-15(2)19-9-16-10-22(32-8-6-7-31-5)23(33-25(3,4)14-27)11-17(16)20-12-21(28)18(24(29)30)13-26(19)20/h10-15,19H,6-9H2,1-5H3,(H,29,30). The third-order valence-electron chi connectivity index (χ3n) is 5.72. The number of pyridine rings is 1. The monoisotopic (exact) mass is 457 g/mol. The summed E-state index contributed by atoms with van der Waals surface area (Å²) in [6.07, 6.45) is 3.47. The highest BCUT2D eigenvalue weighted by Crippen LogP contribution is 2.43. The molecule has 2 heterocycles. The number of hydrogen-bond donors (Lipinski definition) is 1. The van der Waals surface area contributed by atoms with Crippen LogP contribution >= 0.6 is 0 Å². The van der Waals surface area contributed by atoms with Crippen molar-refractivity contribution in [3.8, 4) is 22.8 Å². The van der Waals surface area contributed by atoms with E-state index in [-0.39, 0.29) is 17.5 Å². The number of aldehydes is 1. The minimum atomic E-state index is -1.25. The molecule has 0 amide bonds. The summed E-state index contributed by atoms with van der Waals surface area (Å²) in [5.41, 5.74) is 0.436. The molecule has 2 aromatic rings. The first-order valence-corrected chi connectivity index (χ1v) is 11.0. The van der Waals surface area contributed by atoms with Crippen molar-refractivity contribution in [1.29, 1.82) is 0 Å². The van der Waals surface area contributed by atoms with E-state index in [1.54, 1.807) is 27.0 Å². The SMILES string of the molecule is COCCCOc1cc2c(cc1OC(C)(C)C=O)-c1cc(=O)c(C(=O)O)cn1C(C(C)C)C2. The van der Waals surface area contributed by atoms with Gasteiger partial charge >= 0.3 is 5.97 Å². The van der Waals surface area contributed by atoms with Gasteiger partial charge in [-0.05, 0) is 43.9 Å². The molecular formula is C25H31NO7. The van der Waals surface area contributed by atoms with Gasteiger partial charge in [0.1, 0.15) is 5.56 Å². The van der Waals surface area contributed by atoms with Crippen LogP contribution in [0.1, 0.15) is 56.1 Å². The summed E-state index contributed by atoms with van der Waals surface area (Å²) in [5.74, 6) is -0.162. The van der Waals surface area contributed by atoms with Crippen molar-refractivity contribution in [3.05, 3.63) is 45.7 Å². The number of rotatable bonds is 10. The number of hydrogen-bond acceptors (Lipinski definition) is 6. The molecule has 1 aliphatic rings. The molecule has 33 heavy (non-hydrogen) atoms.